The molecule has 0 spiro atoms. The summed E-state index contributed by atoms with van der Waals surface area (Å²) in [4.78, 5) is 19.2. The van der Waals surface area contributed by atoms with Gasteiger partial charge in [-0.25, -0.2) is 4.79 Å². The summed E-state index contributed by atoms with van der Waals surface area (Å²) in [6.07, 6.45) is 11.0. The first kappa shape index (κ1) is 39.7. The lowest BCUT2D eigenvalue weighted by Gasteiger charge is -2.37. The minimum Gasteiger partial charge on any atom is -0.450 e. The van der Waals surface area contributed by atoms with Crippen LogP contribution in [-0.4, -0.2) is 73.9 Å². The molecule has 0 saturated carbocycles. The second-order valence-electron chi connectivity index (χ2n) is 17.1. The van der Waals surface area contributed by atoms with Crippen LogP contribution >= 0.6 is 0 Å². The lowest BCUT2D eigenvalue weighted by Crippen LogP contribution is -2.48. The van der Waals surface area contributed by atoms with Crippen LogP contribution in [0.5, 0.6) is 0 Å². The molecular formula is C49H55N3O5S. The van der Waals surface area contributed by atoms with Gasteiger partial charge in [0.15, 0.2) is 0 Å². The quantitative estimate of drug-likeness (QED) is 0.169. The van der Waals surface area contributed by atoms with Gasteiger partial charge in [-0.2, -0.15) is 8.42 Å². The number of fused-ring (bicyclic) bond motifs is 6. The van der Waals surface area contributed by atoms with Crippen molar-refractivity contribution in [3.8, 4) is 0 Å². The van der Waals surface area contributed by atoms with Gasteiger partial charge in [0.1, 0.15) is 0 Å². The number of hydrogen-bond acceptors (Lipinski definition) is 6. The number of nitrogens with zero attached hydrogens (tertiary/aromatic N) is 3. The van der Waals surface area contributed by atoms with Crippen molar-refractivity contribution < 1.29 is 22.5 Å². The summed E-state index contributed by atoms with van der Waals surface area (Å²) in [6.45, 7) is 16.7. The number of amides is 1. The Morgan fingerprint density at radius 3 is 2.14 bits per heavy atom. The van der Waals surface area contributed by atoms with Crippen molar-refractivity contribution in [2.75, 3.05) is 50.0 Å². The van der Waals surface area contributed by atoms with Crippen LogP contribution in [0.3, 0.4) is 0 Å². The maximum absolute atomic E-state index is 12.7. The molecule has 8 rings (SSSR count). The van der Waals surface area contributed by atoms with E-state index in [-0.39, 0.29) is 22.7 Å². The van der Waals surface area contributed by atoms with Crippen molar-refractivity contribution in [2.24, 2.45) is 0 Å². The Morgan fingerprint density at radius 2 is 1.47 bits per heavy atom. The van der Waals surface area contributed by atoms with Gasteiger partial charge in [0.05, 0.1) is 12.4 Å². The first-order chi connectivity index (χ1) is 27.7. The van der Waals surface area contributed by atoms with Crippen LogP contribution in [0.1, 0.15) is 77.5 Å². The zero-order valence-electron chi connectivity index (χ0n) is 34.6. The summed E-state index contributed by atoms with van der Waals surface area (Å²) in [6, 6.07) is 25.9. The molecule has 8 nitrogen and oxygen atoms in total. The van der Waals surface area contributed by atoms with Crippen LogP contribution in [0.15, 0.2) is 125 Å². The van der Waals surface area contributed by atoms with E-state index in [1.54, 1.807) is 4.90 Å². The van der Waals surface area contributed by atoms with E-state index in [2.05, 4.69) is 142 Å². The van der Waals surface area contributed by atoms with Crippen molar-refractivity contribution in [2.45, 2.75) is 71.6 Å². The van der Waals surface area contributed by atoms with Crippen LogP contribution in [0, 0.1) is 0 Å². The fourth-order valence-electron chi connectivity index (χ4n) is 10.2. The van der Waals surface area contributed by atoms with Gasteiger partial charge in [-0.3, -0.25) is 4.55 Å². The van der Waals surface area contributed by atoms with Crippen LogP contribution in [-0.2, 0) is 25.7 Å². The Hall–Kier alpha value is -5.12. The monoisotopic (exact) mass is 797 g/mol. The SMILES string of the molecule is CCOC(=O)N1CCN(C2=C(C=CC3=C(C)c4ccc5ccccc5c4C3(C)C)CC/C2=C\C=C2N(CCCS(=O)(=O)O)c3ccc4ccccc4c3C2(C)C)CC1. The lowest BCUT2D eigenvalue weighted by molar-refractivity contribution is 0.0873. The number of allylic oxidation sites excluding steroid dienone is 9. The number of benzene rings is 4. The molecule has 0 bridgehead atoms. The summed E-state index contributed by atoms with van der Waals surface area (Å²) in [5.74, 6) is -0.296. The molecule has 1 saturated heterocycles. The molecule has 4 aliphatic rings. The van der Waals surface area contributed by atoms with E-state index in [1.165, 1.54) is 66.2 Å². The number of hydrogen-bond donors (Lipinski definition) is 1. The lowest BCUT2D eigenvalue weighted by atomic mass is 9.78. The van der Waals surface area contributed by atoms with Gasteiger partial charge < -0.3 is 19.4 Å². The summed E-state index contributed by atoms with van der Waals surface area (Å²) in [7, 11) is -4.10. The number of anilines is 1. The fourth-order valence-corrected chi connectivity index (χ4v) is 10.6. The standard InChI is InChI=1S/C49H55N3O5S/c1-7-57-47(53)51-30-28-50(29-31-51)46-36(20-24-41-33(2)38-23-19-34-13-8-10-15-39(34)44(38)48(41,3)4)17-18-37(46)22-26-43-49(5,6)45-40-16-11-9-14-35(40)21-25-42(45)52(43)27-12-32-58(54,55)56/h8-11,13-16,19-26H,7,12,17-18,27-32H2,1-6H3,(H,54,55,56)/b24-20?,37-22+,43-26?. The molecule has 0 unspecified atom stereocenters. The Bertz CT molecular complexity index is 2580. The minimum atomic E-state index is -4.10. The van der Waals surface area contributed by atoms with Crippen LogP contribution in [0.4, 0.5) is 10.5 Å². The highest BCUT2D eigenvalue weighted by atomic mass is 32.2. The van der Waals surface area contributed by atoms with Crippen molar-refractivity contribution in [1.29, 1.82) is 0 Å². The molecule has 0 atom stereocenters. The molecule has 2 aliphatic carbocycles. The molecule has 4 aromatic carbocycles. The number of piperazine rings is 1. The highest BCUT2D eigenvalue weighted by Crippen LogP contribution is 2.52. The highest BCUT2D eigenvalue weighted by Gasteiger charge is 2.41. The first-order valence-electron chi connectivity index (χ1n) is 20.7. The second-order valence-corrected chi connectivity index (χ2v) is 18.7. The van der Waals surface area contributed by atoms with E-state index in [4.69, 9.17) is 4.74 Å². The maximum atomic E-state index is 12.7. The summed E-state index contributed by atoms with van der Waals surface area (Å²) in [5, 5.41) is 4.92. The summed E-state index contributed by atoms with van der Waals surface area (Å²) >= 11 is 0. The van der Waals surface area contributed by atoms with E-state index in [0.29, 0.717) is 45.8 Å². The first-order valence-corrected chi connectivity index (χ1v) is 22.3. The molecule has 1 N–H and O–H groups in total. The topological polar surface area (TPSA) is 90.4 Å². The molecule has 1 amide bonds. The van der Waals surface area contributed by atoms with E-state index in [9.17, 15) is 17.8 Å². The maximum Gasteiger partial charge on any atom is 0.409 e. The third kappa shape index (κ3) is 7.06. The predicted octanol–water partition coefficient (Wildman–Crippen LogP) is 10.3. The minimum absolute atomic E-state index is 0.170. The van der Waals surface area contributed by atoms with Gasteiger partial charge in [-0.15, -0.1) is 0 Å². The van der Waals surface area contributed by atoms with Gasteiger partial charge in [-0.05, 0) is 106 Å². The third-order valence-corrected chi connectivity index (χ3v) is 13.7. The normalized spacial score (nSPS) is 20.4. The molecule has 58 heavy (non-hydrogen) atoms. The number of carbonyl (C=O) groups excluding carboxylic acids is 1. The van der Waals surface area contributed by atoms with Gasteiger partial charge in [0, 0.05) is 60.6 Å². The van der Waals surface area contributed by atoms with Crippen LogP contribution in [0.2, 0.25) is 0 Å². The van der Waals surface area contributed by atoms with E-state index >= 15 is 0 Å². The molecule has 0 aromatic heterocycles. The van der Waals surface area contributed by atoms with Gasteiger partial charge >= 0.3 is 6.09 Å². The fraction of sp³-hybridized carbons (Fsp3) is 0.367. The van der Waals surface area contributed by atoms with Gasteiger partial charge in [0.25, 0.3) is 10.1 Å². The Balaban J connectivity index is 1.19. The smallest absolute Gasteiger partial charge is 0.409 e. The van der Waals surface area contributed by atoms with Crippen molar-refractivity contribution in [1.82, 2.24) is 9.80 Å². The molecule has 302 valence electrons. The third-order valence-electron chi connectivity index (χ3n) is 12.9. The largest absolute Gasteiger partial charge is 0.450 e. The van der Waals surface area contributed by atoms with Crippen LogP contribution < -0.4 is 4.90 Å². The predicted molar refractivity (Wildman–Crippen MR) is 237 cm³/mol. The molecule has 2 heterocycles. The van der Waals surface area contributed by atoms with Gasteiger partial charge in [0.2, 0.25) is 0 Å². The number of carbonyl (C=O) groups is 1. The summed E-state index contributed by atoms with van der Waals surface area (Å²) < 4.78 is 38.6. The zero-order chi connectivity index (χ0) is 41.0. The van der Waals surface area contributed by atoms with Crippen molar-refractivity contribution >= 4 is 49.0 Å². The molecule has 4 aromatic rings. The molecular weight excluding hydrogens is 743 g/mol. The number of rotatable bonds is 9. The average molecular weight is 798 g/mol. The van der Waals surface area contributed by atoms with E-state index < -0.39 is 10.1 Å². The van der Waals surface area contributed by atoms with Gasteiger partial charge in [-0.1, -0.05) is 113 Å². The Kier molecular flexibility index (Phi) is 10.4. The van der Waals surface area contributed by atoms with Crippen LogP contribution in [0.25, 0.3) is 27.1 Å². The molecule has 2 aliphatic heterocycles. The molecule has 1 fully saturated rings. The van der Waals surface area contributed by atoms with E-state index in [1.807, 2.05) is 6.92 Å². The number of ether oxygens (including phenoxy) is 1. The summed E-state index contributed by atoms with van der Waals surface area (Å²) in [5.41, 5.74) is 12.0. The molecule has 0 radical (unpaired) electrons. The van der Waals surface area contributed by atoms with Crippen molar-refractivity contribution in [3.05, 3.63) is 142 Å². The highest BCUT2D eigenvalue weighted by molar-refractivity contribution is 7.85. The Labute approximate surface area is 343 Å². The Morgan fingerprint density at radius 1 is 0.810 bits per heavy atom. The van der Waals surface area contributed by atoms with E-state index in [0.717, 1.165) is 24.2 Å². The second kappa shape index (κ2) is 15.2. The average Bonchev–Trinajstić information content (AvgIpc) is 3.77. The van der Waals surface area contributed by atoms with Crippen molar-refractivity contribution in [3.63, 3.8) is 0 Å². The zero-order valence-corrected chi connectivity index (χ0v) is 35.5. The molecule has 9 heteroatoms.